The second kappa shape index (κ2) is 6.79. The van der Waals surface area contributed by atoms with Crippen LogP contribution in [0.25, 0.3) is 10.2 Å². The summed E-state index contributed by atoms with van der Waals surface area (Å²) in [4.78, 5) is 16.6. The molecular weight excluding hydrogens is 306 g/mol. The van der Waals surface area contributed by atoms with Crippen molar-refractivity contribution in [1.82, 2.24) is 15.6 Å². The van der Waals surface area contributed by atoms with Crippen molar-refractivity contribution in [2.24, 2.45) is 0 Å². The molecular formula is C18H19N3OS. The number of carbonyl (C=O) groups is 1. The molecule has 3 aromatic rings. The lowest BCUT2D eigenvalue weighted by molar-refractivity contribution is 0.237. The van der Waals surface area contributed by atoms with Crippen LogP contribution in [0.4, 0.5) is 4.79 Å². The Morgan fingerprint density at radius 2 is 1.91 bits per heavy atom. The molecule has 4 nitrogen and oxygen atoms in total. The predicted molar refractivity (Wildman–Crippen MR) is 94.6 cm³/mol. The molecule has 2 N–H and O–H groups in total. The first kappa shape index (κ1) is 15.5. The van der Waals surface area contributed by atoms with Crippen LogP contribution >= 0.6 is 11.3 Å². The Bertz CT molecular complexity index is 795. The van der Waals surface area contributed by atoms with Gasteiger partial charge in [-0.05, 0) is 37.1 Å². The molecule has 1 atom stereocenters. The first-order valence-electron chi connectivity index (χ1n) is 7.58. The van der Waals surface area contributed by atoms with Crippen LogP contribution in [0.15, 0.2) is 48.5 Å². The number of nitrogens with one attached hydrogen (secondary N) is 2. The minimum absolute atomic E-state index is 0.0356. The molecule has 0 saturated heterocycles. The minimum atomic E-state index is -0.181. The van der Waals surface area contributed by atoms with Gasteiger partial charge in [-0.25, -0.2) is 9.78 Å². The van der Waals surface area contributed by atoms with Crippen molar-refractivity contribution < 1.29 is 4.79 Å². The Hall–Kier alpha value is -2.40. The lowest BCUT2D eigenvalue weighted by atomic mass is 10.0. The molecule has 0 spiro atoms. The molecule has 0 aliphatic rings. The molecule has 1 unspecified atom stereocenters. The van der Waals surface area contributed by atoms with Gasteiger partial charge in [0.1, 0.15) is 5.01 Å². The quantitative estimate of drug-likeness (QED) is 0.756. The fourth-order valence-corrected chi connectivity index (χ4v) is 3.46. The lowest BCUT2D eigenvalue weighted by Crippen LogP contribution is -2.36. The number of aryl methyl sites for hydroxylation is 1. The molecule has 1 aromatic heterocycles. The number of fused-ring (bicyclic) bond motifs is 1. The number of nitrogens with zero attached hydrogens (tertiary/aromatic N) is 1. The van der Waals surface area contributed by atoms with Crippen molar-refractivity contribution in [2.75, 3.05) is 0 Å². The minimum Gasteiger partial charge on any atom is -0.332 e. The van der Waals surface area contributed by atoms with E-state index < -0.39 is 0 Å². The molecule has 0 bridgehead atoms. The number of hydrogen-bond donors (Lipinski definition) is 2. The number of amides is 2. The van der Waals surface area contributed by atoms with Gasteiger partial charge < -0.3 is 10.6 Å². The molecule has 0 aliphatic heterocycles. The molecule has 23 heavy (non-hydrogen) atoms. The van der Waals surface area contributed by atoms with Crippen molar-refractivity contribution in [3.05, 3.63) is 64.7 Å². The Kier molecular flexibility index (Phi) is 4.57. The van der Waals surface area contributed by atoms with E-state index in [-0.39, 0.29) is 12.1 Å². The molecule has 0 fully saturated rings. The van der Waals surface area contributed by atoms with E-state index in [1.54, 1.807) is 11.3 Å². The van der Waals surface area contributed by atoms with Gasteiger partial charge in [0.15, 0.2) is 0 Å². The van der Waals surface area contributed by atoms with Gasteiger partial charge in [-0.2, -0.15) is 0 Å². The molecule has 2 amide bonds. The van der Waals surface area contributed by atoms with Crippen molar-refractivity contribution in [1.29, 1.82) is 0 Å². The van der Waals surface area contributed by atoms with Crippen LogP contribution in [0, 0.1) is 6.92 Å². The summed E-state index contributed by atoms with van der Waals surface area (Å²) in [5, 5.41) is 6.75. The van der Waals surface area contributed by atoms with Crippen LogP contribution in [0.3, 0.4) is 0 Å². The molecule has 0 aliphatic carbocycles. The first-order chi connectivity index (χ1) is 11.1. The maximum absolute atomic E-state index is 12.1. The zero-order valence-electron chi connectivity index (χ0n) is 13.2. The van der Waals surface area contributed by atoms with Crippen LogP contribution in [0.1, 0.15) is 29.1 Å². The predicted octanol–water partition coefficient (Wildman–Crippen LogP) is 4.17. The van der Waals surface area contributed by atoms with Crippen molar-refractivity contribution in [3.8, 4) is 0 Å². The standard InChI is InChI=1S/C18H19N3OS/c1-12-7-3-4-8-14(12)13(2)20-18(22)19-11-17-21-15-9-5-6-10-16(15)23-17/h3-10,13H,11H2,1-2H3,(H2,19,20,22). The van der Waals surface area contributed by atoms with Gasteiger partial charge in [0.2, 0.25) is 0 Å². The number of para-hydroxylation sites is 1. The Morgan fingerprint density at radius 3 is 2.70 bits per heavy atom. The molecule has 2 aromatic carbocycles. The maximum atomic E-state index is 12.1. The van der Waals surface area contributed by atoms with Crippen molar-refractivity contribution >= 4 is 27.6 Å². The van der Waals surface area contributed by atoms with E-state index in [0.29, 0.717) is 6.54 Å². The monoisotopic (exact) mass is 325 g/mol. The average molecular weight is 325 g/mol. The van der Waals surface area contributed by atoms with Crippen molar-refractivity contribution in [2.45, 2.75) is 26.4 Å². The summed E-state index contributed by atoms with van der Waals surface area (Å²) in [7, 11) is 0. The fraction of sp³-hybridized carbons (Fsp3) is 0.222. The second-order valence-corrected chi connectivity index (χ2v) is 6.60. The summed E-state index contributed by atoms with van der Waals surface area (Å²) in [5.74, 6) is 0. The largest absolute Gasteiger partial charge is 0.332 e. The van der Waals surface area contributed by atoms with E-state index in [4.69, 9.17) is 0 Å². The van der Waals surface area contributed by atoms with Gasteiger partial charge in [-0.15, -0.1) is 11.3 Å². The molecule has 1 heterocycles. The number of thiazole rings is 1. The highest BCUT2D eigenvalue weighted by molar-refractivity contribution is 7.18. The molecule has 5 heteroatoms. The van der Waals surface area contributed by atoms with Crippen LogP contribution in [0.2, 0.25) is 0 Å². The number of benzene rings is 2. The normalized spacial score (nSPS) is 12.1. The Labute approximate surface area is 139 Å². The zero-order chi connectivity index (χ0) is 16.2. The highest BCUT2D eigenvalue weighted by Crippen LogP contribution is 2.21. The van der Waals surface area contributed by atoms with Gasteiger partial charge in [0.05, 0.1) is 22.8 Å². The van der Waals surface area contributed by atoms with Crippen LogP contribution < -0.4 is 10.6 Å². The first-order valence-corrected chi connectivity index (χ1v) is 8.39. The third-order valence-corrected chi connectivity index (χ3v) is 4.78. The summed E-state index contributed by atoms with van der Waals surface area (Å²) in [5.41, 5.74) is 3.28. The van der Waals surface area contributed by atoms with E-state index in [2.05, 4.69) is 15.6 Å². The van der Waals surface area contributed by atoms with Crippen molar-refractivity contribution in [3.63, 3.8) is 0 Å². The summed E-state index contributed by atoms with van der Waals surface area (Å²) in [6.45, 7) is 4.47. The SMILES string of the molecule is Cc1ccccc1C(C)NC(=O)NCc1nc2ccccc2s1. The second-order valence-electron chi connectivity index (χ2n) is 5.48. The number of rotatable bonds is 4. The third-order valence-electron chi connectivity index (χ3n) is 3.74. The van der Waals surface area contributed by atoms with Gasteiger partial charge >= 0.3 is 6.03 Å². The van der Waals surface area contributed by atoms with Crippen LogP contribution in [-0.4, -0.2) is 11.0 Å². The molecule has 0 radical (unpaired) electrons. The molecule has 118 valence electrons. The molecule has 0 saturated carbocycles. The zero-order valence-corrected chi connectivity index (χ0v) is 14.0. The van der Waals surface area contributed by atoms with Crippen LogP contribution in [0.5, 0.6) is 0 Å². The van der Waals surface area contributed by atoms with E-state index in [0.717, 1.165) is 20.8 Å². The van der Waals surface area contributed by atoms with E-state index in [1.807, 2.05) is 62.4 Å². The molecule has 3 rings (SSSR count). The van der Waals surface area contributed by atoms with Gasteiger partial charge in [0.25, 0.3) is 0 Å². The maximum Gasteiger partial charge on any atom is 0.315 e. The highest BCUT2D eigenvalue weighted by atomic mass is 32.1. The Balaban J connectivity index is 1.58. The Morgan fingerprint density at radius 1 is 1.17 bits per heavy atom. The van der Waals surface area contributed by atoms with E-state index in [9.17, 15) is 4.79 Å². The fourth-order valence-electron chi connectivity index (χ4n) is 2.55. The summed E-state index contributed by atoms with van der Waals surface area (Å²) < 4.78 is 1.14. The summed E-state index contributed by atoms with van der Waals surface area (Å²) >= 11 is 1.60. The number of hydrogen-bond acceptors (Lipinski definition) is 3. The third kappa shape index (κ3) is 3.68. The van der Waals surface area contributed by atoms with Gasteiger partial charge in [0, 0.05) is 0 Å². The number of carbonyl (C=O) groups excluding carboxylic acids is 1. The number of aromatic nitrogens is 1. The topological polar surface area (TPSA) is 54.0 Å². The summed E-state index contributed by atoms with van der Waals surface area (Å²) in [6, 6.07) is 15.8. The van der Waals surface area contributed by atoms with E-state index in [1.165, 1.54) is 5.56 Å². The smallest absolute Gasteiger partial charge is 0.315 e. The average Bonchev–Trinajstić information content (AvgIpc) is 2.96. The number of urea groups is 1. The lowest BCUT2D eigenvalue weighted by Gasteiger charge is -2.16. The van der Waals surface area contributed by atoms with E-state index >= 15 is 0 Å². The summed E-state index contributed by atoms with van der Waals surface area (Å²) in [6.07, 6.45) is 0. The van der Waals surface area contributed by atoms with Crippen LogP contribution in [-0.2, 0) is 6.54 Å². The van der Waals surface area contributed by atoms with Gasteiger partial charge in [-0.1, -0.05) is 36.4 Å². The highest BCUT2D eigenvalue weighted by Gasteiger charge is 2.11. The van der Waals surface area contributed by atoms with Gasteiger partial charge in [-0.3, -0.25) is 0 Å².